The predicted molar refractivity (Wildman–Crippen MR) is 89.2 cm³/mol. The summed E-state index contributed by atoms with van der Waals surface area (Å²) < 4.78 is 30.8. The van der Waals surface area contributed by atoms with Gasteiger partial charge in [0.05, 0.1) is 13.2 Å². The average molecular weight is 318 g/mol. The minimum atomic E-state index is -2.38. The molecule has 2 aliphatic rings. The van der Waals surface area contributed by atoms with Crippen LogP contribution in [0.3, 0.4) is 0 Å². The lowest BCUT2D eigenvalue weighted by atomic mass is 9.54. The molecule has 0 amide bonds. The second-order valence-electron chi connectivity index (χ2n) is 8.79. The summed E-state index contributed by atoms with van der Waals surface area (Å²) in [5, 5.41) is 0. The molecule has 0 atom stereocenters. The van der Waals surface area contributed by atoms with Gasteiger partial charge in [0, 0.05) is 18.3 Å². The van der Waals surface area contributed by atoms with Gasteiger partial charge in [-0.1, -0.05) is 55.4 Å². The van der Waals surface area contributed by atoms with E-state index >= 15 is 0 Å². The first-order valence-electron chi connectivity index (χ1n) is 8.85. The summed E-state index contributed by atoms with van der Waals surface area (Å²) in [6, 6.07) is 0. The van der Waals surface area contributed by atoms with Crippen LogP contribution in [0, 0.1) is 34.5 Å². The molecule has 0 radical (unpaired) electrons. The van der Waals surface area contributed by atoms with Gasteiger partial charge in [-0.05, 0) is 29.1 Å². The van der Waals surface area contributed by atoms with Crippen molar-refractivity contribution in [2.75, 3.05) is 13.2 Å². The maximum atomic E-state index is 12.8. The van der Waals surface area contributed by atoms with Crippen LogP contribution in [0.25, 0.3) is 0 Å². The van der Waals surface area contributed by atoms with Gasteiger partial charge in [-0.25, -0.2) is 8.78 Å². The first-order chi connectivity index (χ1) is 9.89. The second kappa shape index (κ2) is 6.75. The summed E-state index contributed by atoms with van der Waals surface area (Å²) >= 11 is 0. The Hall–Kier alpha value is -0.180. The number of hydrogen-bond donors (Lipinski definition) is 0. The van der Waals surface area contributed by atoms with Crippen LogP contribution in [-0.4, -0.2) is 19.1 Å². The van der Waals surface area contributed by atoms with Crippen molar-refractivity contribution in [2.45, 2.75) is 74.2 Å². The van der Waals surface area contributed by atoms with Crippen molar-refractivity contribution in [3.8, 4) is 0 Å². The van der Waals surface area contributed by atoms with E-state index in [0.29, 0.717) is 17.3 Å². The van der Waals surface area contributed by atoms with Gasteiger partial charge in [0.15, 0.2) is 0 Å². The van der Waals surface area contributed by atoms with Crippen molar-refractivity contribution < 1.29 is 13.5 Å². The number of halogens is 2. The van der Waals surface area contributed by atoms with Crippen molar-refractivity contribution >= 4 is 0 Å². The molecule has 1 aliphatic heterocycles. The van der Waals surface area contributed by atoms with Gasteiger partial charge in [0.1, 0.15) is 0 Å². The fourth-order valence-corrected chi connectivity index (χ4v) is 4.07. The Labute approximate surface area is 136 Å². The van der Waals surface area contributed by atoms with Gasteiger partial charge in [-0.15, -0.1) is 0 Å². The van der Waals surface area contributed by atoms with Gasteiger partial charge < -0.3 is 4.74 Å². The largest absolute Gasteiger partial charge is 0.380 e. The molecule has 1 heterocycles. The maximum Gasteiger partial charge on any atom is 0.249 e. The minimum Gasteiger partial charge on any atom is -0.380 e. The molecule has 2 fully saturated rings. The van der Waals surface area contributed by atoms with E-state index in [1.54, 1.807) is 0 Å². The molecule has 1 saturated carbocycles. The van der Waals surface area contributed by atoms with E-state index in [1.807, 2.05) is 0 Å². The molecule has 0 N–H and O–H groups in total. The molecule has 1 saturated heterocycles. The molecular formula is C19H36F2O. The van der Waals surface area contributed by atoms with Crippen molar-refractivity contribution in [1.82, 2.24) is 0 Å². The molecule has 22 heavy (non-hydrogen) atoms. The van der Waals surface area contributed by atoms with Crippen LogP contribution in [0.2, 0.25) is 0 Å². The van der Waals surface area contributed by atoms with Crippen LogP contribution in [-0.2, 0) is 4.74 Å². The summed E-state index contributed by atoms with van der Waals surface area (Å²) in [5.41, 5.74) is 0.406. The smallest absolute Gasteiger partial charge is 0.249 e. The number of hydrogen-bond acceptors (Lipinski definition) is 1. The molecule has 2 rings (SSSR count). The highest BCUT2D eigenvalue weighted by Gasteiger charge is 2.58. The van der Waals surface area contributed by atoms with Crippen LogP contribution in [0.5, 0.6) is 0 Å². The molecule has 0 aromatic carbocycles. The number of rotatable bonds is 4. The van der Waals surface area contributed by atoms with Gasteiger partial charge in [-0.2, -0.15) is 0 Å². The lowest BCUT2D eigenvalue weighted by molar-refractivity contribution is -0.197. The van der Waals surface area contributed by atoms with Crippen molar-refractivity contribution in [3.63, 3.8) is 0 Å². The fraction of sp³-hybridized carbons (Fsp3) is 1.00. The van der Waals surface area contributed by atoms with Crippen LogP contribution < -0.4 is 0 Å². The first kappa shape index (κ1) is 19.9. The van der Waals surface area contributed by atoms with Crippen LogP contribution in [0.15, 0.2) is 0 Å². The van der Waals surface area contributed by atoms with Crippen molar-refractivity contribution in [3.05, 3.63) is 0 Å². The zero-order chi connectivity index (χ0) is 17.3. The van der Waals surface area contributed by atoms with Gasteiger partial charge in [-0.3, -0.25) is 0 Å². The number of ether oxygens (including phenoxy) is 1. The third-order valence-corrected chi connectivity index (χ3v) is 6.52. The molecule has 0 unspecified atom stereocenters. The molecule has 132 valence electrons. The fourth-order valence-electron chi connectivity index (χ4n) is 4.07. The maximum absolute atomic E-state index is 12.8. The third-order valence-electron chi connectivity index (χ3n) is 6.52. The SMILES string of the molecule is CC(C)C1(C(C)C)CC(F)(F)C1.CC(C)C1(C(C)C)COC1. The highest BCUT2D eigenvalue weighted by molar-refractivity contribution is 5.02. The zero-order valence-electron chi connectivity index (χ0n) is 15.8. The van der Waals surface area contributed by atoms with E-state index in [2.05, 4.69) is 55.4 Å². The van der Waals surface area contributed by atoms with Gasteiger partial charge in [0.2, 0.25) is 5.92 Å². The first-order valence-corrected chi connectivity index (χ1v) is 8.85. The monoisotopic (exact) mass is 318 g/mol. The summed E-state index contributed by atoms with van der Waals surface area (Å²) in [5.74, 6) is -0.106. The average Bonchev–Trinajstić information content (AvgIpc) is 2.22. The minimum absolute atomic E-state index is 0.0926. The Bertz CT molecular complexity index is 326. The molecule has 0 bridgehead atoms. The quantitative estimate of drug-likeness (QED) is 0.615. The molecular weight excluding hydrogens is 282 g/mol. The van der Waals surface area contributed by atoms with Crippen molar-refractivity contribution in [1.29, 1.82) is 0 Å². The summed E-state index contributed by atoms with van der Waals surface area (Å²) in [6.07, 6.45) is 0.185. The van der Waals surface area contributed by atoms with Crippen LogP contribution in [0.4, 0.5) is 8.78 Å². The second-order valence-corrected chi connectivity index (χ2v) is 8.79. The highest BCUT2D eigenvalue weighted by Crippen LogP contribution is 2.59. The summed E-state index contributed by atoms with van der Waals surface area (Å²) in [6.45, 7) is 19.3. The molecule has 3 heteroatoms. The van der Waals surface area contributed by atoms with Crippen molar-refractivity contribution in [2.24, 2.45) is 34.5 Å². The van der Waals surface area contributed by atoms with Gasteiger partial charge in [0.25, 0.3) is 0 Å². The van der Waals surface area contributed by atoms with Gasteiger partial charge >= 0.3 is 0 Å². The number of alkyl halides is 2. The van der Waals surface area contributed by atoms with Crippen LogP contribution >= 0.6 is 0 Å². The van der Waals surface area contributed by atoms with E-state index in [1.165, 1.54) is 0 Å². The summed E-state index contributed by atoms with van der Waals surface area (Å²) in [4.78, 5) is 0. The molecule has 0 aromatic rings. The lowest BCUT2D eigenvalue weighted by Gasteiger charge is -2.53. The molecule has 0 aromatic heterocycles. The van der Waals surface area contributed by atoms with E-state index in [4.69, 9.17) is 4.74 Å². The Morgan fingerprint density at radius 2 is 0.955 bits per heavy atom. The Kier molecular flexibility index (Phi) is 6.09. The van der Waals surface area contributed by atoms with E-state index in [0.717, 1.165) is 25.0 Å². The molecule has 1 nitrogen and oxygen atoms in total. The highest BCUT2D eigenvalue weighted by atomic mass is 19.3. The standard InChI is InChI=1S/C10H18F2.C9H18O/c1-7(2)9(8(3)4)5-10(11,12)6-9;1-7(2)9(8(3)4)5-10-6-9/h7-8H,5-6H2,1-4H3;7-8H,5-6H2,1-4H3. The van der Waals surface area contributed by atoms with E-state index in [9.17, 15) is 8.78 Å². The predicted octanol–water partition coefficient (Wildman–Crippen LogP) is 6.03. The van der Waals surface area contributed by atoms with Crippen LogP contribution in [0.1, 0.15) is 68.2 Å². The third kappa shape index (κ3) is 3.66. The Morgan fingerprint density at radius 1 is 0.636 bits per heavy atom. The van der Waals surface area contributed by atoms with E-state index in [-0.39, 0.29) is 18.3 Å². The Balaban J connectivity index is 0.000000224. The Morgan fingerprint density at radius 3 is 1.00 bits per heavy atom. The zero-order valence-corrected chi connectivity index (χ0v) is 15.8. The normalized spacial score (nSPS) is 24.8. The lowest BCUT2D eigenvalue weighted by Crippen LogP contribution is -2.52. The topological polar surface area (TPSA) is 9.23 Å². The molecule has 1 aliphatic carbocycles. The molecule has 0 spiro atoms. The van der Waals surface area contributed by atoms with E-state index < -0.39 is 5.92 Å². The summed E-state index contributed by atoms with van der Waals surface area (Å²) in [7, 11) is 0.